The number of rotatable bonds is 9. The molecule has 3 amide bonds. The van der Waals surface area contributed by atoms with Crippen LogP contribution in [0.2, 0.25) is 0 Å². The highest BCUT2D eigenvalue weighted by atomic mass is 32.1. The number of furan rings is 1. The maximum Gasteiger partial charge on any atom is 0.270 e. The SMILES string of the molecule is NC(=O)c1nsc(C(=O)N(CCc2ccccc2)[C@@H](C(=O)NC2CCCC2)c2ccco2)c1N. The largest absolute Gasteiger partial charge is 0.467 e. The van der Waals surface area contributed by atoms with Gasteiger partial charge >= 0.3 is 0 Å². The van der Waals surface area contributed by atoms with Crippen molar-refractivity contribution < 1.29 is 18.8 Å². The molecule has 34 heavy (non-hydrogen) atoms. The first-order chi connectivity index (χ1) is 16.5. The van der Waals surface area contributed by atoms with E-state index in [0.717, 1.165) is 42.8 Å². The number of benzene rings is 1. The lowest BCUT2D eigenvalue weighted by Crippen LogP contribution is -2.46. The lowest BCUT2D eigenvalue weighted by Gasteiger charge is -2.30. The van der Waals surface area contributed by atoms with Gasteiger partial charge in [0.1, 0.15) is 10.6 Å². The molecule has 1 saturated carbocycles. The molecule has 1 fully saturated rings. The molecule has 0 bridgehead atoms. The van der Waals surface area contributed by atoms with Crippen molar-refractivity contribution in [1.29, 1.82) is 0 Å². The molecule has 1 aromatic carbocycles. The summed E-state index contributed by atoms with van der Waals surface area (Å²) in [5, 5.41) is 3.08. The number of nitrogens with zero attached hydrogens (tertiary/aromatic N) is 2. The zero-order valence-corrected chi connectivity index (χ0v) is 19.4. The van der Waals surface area contributed by atoms with E-state index in [2.05, 4.69) is 9.69 Å². The smallest absolute Gasteiger partial charge is 0.270 e. The van der Waals surface area contributed by atoms with Crippen molar-refractivity contribution in [2.75, 3.05) is 12.3 Å². The van der Waals surface area contributed by atoms with Gasteiger partial charge in [-0.25, -0.2) is 0 Å². The third-order valence-corrected chi connectivity index (χ3v) is 6.83. The van der Waals surface area contributed by atoms with Crippen LogP contribution in [0.5, 0.6) is 0 Å². The summed E-state index contributed by atoms with van der Waals surface area (Å²) in [6, 6.07) is 12.1. The van der Waals surface area contributed by atoms with Gasteiger partial charge in [0.25, 0.3) is 17.7 Å². The number of amides is 3. The molecule has 2 aromatic heterocycles. The molecule has 0 aliphatic heterocycles. The third-order valence-electron chi connectivity index (χ3n) is 5.97. The van der Waals surface area contributed by atoms with E-state index in [0.29, 0.717) is 12.2 Å². The minimum absolute atomic E-state index is 0.0611. The number of nitrogens with one attached hydrogen (secondary N) is 1. The van der Waals surface area contributed by atoms with Gasteiger partial charge in [-0.3, -0.25) is 14.4 Å². The van der Waals surface area contributed by atoms with Crippen molar-refractivity contribution in [3.8, 4) is 0 Å². The van der Waals surface area contributed by atoms with Crippen molar-refractivity contribution in [2.24, 2.45) is 5.73 Å². The summed E-state index contributed by atoms with van der Waals surface area (Å²) >= 11 is 0.793. The maximum absolute atomic E-state index is 13.7. The lowest BCUT2D eigenvalue weighted by molar-refractivity contribution is -0.127. The quantitative estimate of drug-likeness (QED) is 0.429. The second-order valence-corrected chi connectivity index (χ2v) is 9.05. The van der Waals surface area contributed by atoms with Gasteiger partial charge in [0.2, 0.25) is 0 Å². The van der Waals surface area contributed by atoms with Crippen LogP contribution < -0.4 is 16.8 Å². The van der Waals surface area contributed by atoms with Crippen LogP contribution in [0.1, 0.15) is 63.2 Å². The number of aromatic nitrogens is 1. The van der Waals surface area contributed by atoms with Crippen LogP contribution in [0.15, 0.2) is 53.1 Å². The summed E-state index contributed by atoms with van der Waals surface area (Å²) in [6.45, 7) is 0.218. The van der Waals surface area contributed by atoms with Crippen LogP contribution in [0.4, 0.5) is 5.69 Å². The second kappa shape index (κ2) is 10.5. The second-order valence-electron chi connectivity index (χ2n) is 8.28. The summed E-state index contributed by atoms with van der Waals surface area (Å²) in [7, 11) is 0. The number of carbonyl (C=O) groups excluding carboxylic acids is 3. The van der Waals surface area contributed by atoms with E-state index in [4.69, 9.17) is 15.9 Å². The van der Waals surface area contributed by atoms with Crippen molar-refractivity contribution in [3.63, 3.8) is 0 Å². The molecule has 5 N–H and O–H groups in total. The number of primary amides is 1. The van der Waals surface area contributed by atoms with Gasteiger partial charge in [0.15, 0.2) is 11.7 Å². The molecule has 4 rings (SSSR count). The first-order valence-corrected chi connectivity index (χ1v) is 12.0. The fraction of sp³-hybridized carbons (Fsp3) is 0.333. The highest BCUT2D eigenvalue weighted by molar-refractivity contribution is 7.09. The number of anilines is 1. The maximum atomic E-state index is 13.7. The molecule has 0 spiro atoms. The first kappa shape index (κ1) is 23.5. The molecule has 0 radical (unpaired) electrons. The van der Waals surface area contributed by atoms with Crippen LogP contribution in [0.25, 0.3) is 0 Å². The predicted molar refractivity (Wildman–Crippen MR) is 128 cm³/mol. The van der Waals surface area contributed by atoms with E-state index in [1.807, 2.05) is 30.3 Å². The molecule has 1 aliphatic carbocycles. The molecule has 9 nitrogen and oxygen atoms in total. The van der Waals surface area contributed by atoms with Crippen molar-refractivity contribution in [1.82, 2.24) is 14.6 Å². The van der Waals surface area contributed by atoms with Gasteiger partial charge in [-0.1, -0.05) is 43.2 Å². The molecular weight excluding hydrogens is 454 g/mol. The van der Waals surface area contributed by atoms with Crippen molar-refractivity contribution in [3.05, 3.63) is 70.6 Å². The standard InChI is InChI=1S/C24H27N5O4S/c25-18-19(22(26)30)28-34-21(18)24(32)29(13-12-15-7-2-1-3-8-15)20(17-11-6-14-33-17)23(31)27-16-9-4-5-10-16/h1-3,6-8,11,14,16,20H,4-5,9-10,12-13,25H2,(H2,26,30)(H,27,31)/t20-/m1/s1. The molecule has 0 saturated heterocycles. The fourth-order valence-corrected chi connectivity index (χ4v) is 4.98. The van der Waals surface area contributed by atoms with E-state index in [1.54, 1.807) is 12.1 Å². The highest BCUT2D eigenvalue weighted by Crippen LogP contribution is 2.30. The Labute approximate surface area is 201 Å². The molecule has 1 atom stereocenters. The number of carbonyl (C=O) groups is 3. The summed E-state index contributed by atoms with van der Waals surface area (Å²) in [5.74, 6) is -1.30. The average molecular weight is 482 g/mol. The van der Waals surface area contributed by atoms with E-state index < -0.39 is 17.9 Å². The average Bonchev–Trinajstić information content (AvgIpc) is 3.59. The molecule has 1 aliphatic rings. The minimum Gasteiger partial charge on any atom is -0.467 e. The number of hydrogen-bond donors (Lipinski definition) is 3. The molecule has 10 heteroatoms. The van der Waals surface area contributed by atoms with Crippen molar-refractivity contribution in [2.45, 2.75) is 44.2 Å². The van der Waals surface area contributed by atoms with Gasteiger partial charge < -0.3 is 26.1 Å². The van der Waals surface area contributed by atoms with E-state index in [9.17, 15) is 14.4 Å². The summed E-state index contributed by atoms with van der Waals surface area (Å²) in [5.41, 5.74) is 12.2. The van der Waals surface area contributed by atoms with E-state index in [-0.39, 0.29) is 34.8 Å². The molecule has 178 valence electrons. The topological polar surface area (TPSA) is 145 Å². The highest BCUT2D eigenvalue weighted by Gasteiger charge is 2.37. The zero-order valence-electron chi connectivity index (χ0n) is 18.6. The lowest BCUT2D eigenvalue weighted by atomic mass is 10.1. The van der Waals surface area contributed by atoms with Gasteiger partial charge in [-0.05, 0) is 48.5 Å². The predicted octanol–water partition coefficient (Wildman–Crippen LogP) is 2.90. The first-order valence-electron chi connectivity index (χ1n) is 11.2. The summed E-state index contributed by atoms with van der Waals surface area (Å²) < 4.78 is 9.56. The Hall–Kier alpha value is -3.66. The Morgan fingerprint density at radius 1 is 1.15 bits per heavy atom. The van der Waals surface area contributed by atoms with E-state index in [1.165, 1.54) is 11.2 Å². The van der Waals surface area contributed by atoms with Gasteiger partial charge in [0, 0.05) is 12.6 Å². The van der Waals surface area contributed by atoms with Crippen LogP contribution in [0.3, 0.4) is 0 Å². The summed E-state index contributed by atoms with van der Waals surface area (Å²) in [4.78, 5) is 40.4. The normalized spacial score (nSPS) is 14.6. The molecule has 3 aromatic rings. The zero-order chi connectivity index (χ0) is 24.1. The van der Waals surface area contributed by atoms with Crippen LogP contribution in [0, 0.1) is 0 Å². The molecule has 2 heterocycles. The summed E-state index contributed by atoms with van der Waals surface area (Å²) in [6.07, 6.45) is 5.89. The van der Waals surface area contributed by atoms with Crippen LogP contribution >= 0.6 is 11.5 Å². The molecule has 0 unspecified atom stereocenters. The van der Waals surface area contributed by atoms with Crippen LogP contribution in [-0.4, -0.2) is 39.6 Å². The van der Waals surface area contributed by atoms with Crippen molar-refractivity contribution >= 4 is 34.9 Å². The number of hydrogen-bond acceptors (Lipinski definition) is 7. The van der Waals surface area contributed by atoms with Gasteiger partial charge in [0.05, 0.1) is 12.0 Å². The Morgan fingerprint density at radius 2 is 1.88 bits per heavy atom. The Balaban J connectivity index is 1.69. The molecular formula is C24H27N5O4S. The Kier molecular flexibility index (Phi) is 7.27. The van der Waals surface area contributed by atoms with Crippen LogP contribution in [-0.2, 0) is 11.2 Å². The van der Waals surface area contributed by atoms with Gasteiger partial charge in [-0.2, -0.15) is 4.37 Å². The monoisotopic (exact) mass is 481 g/mol. The number of nitrogens with two attached hydrogens (primary N) is 2. The number of nitrogen functional groups attached to an aromatic ring is 1. The minimum atomic E-state index is -1.01. The van der Waals surface area contributed by atoms with E-state index >= 15 is 0 Å². The Morgan fingerprint density at radius 3 is 2.50 bits per heavy atom. The Bertz CT molecular complexity index is 1140. The van der Waals surface area contributed by atoms with Gasteiger partial charge in [-0.15, -0.1) is 0 Å². The third kappa shape index (κ3) is 5.12. The fourth-order valence-electron chi connectivity index (χ4n) is 4.22.